The predicted octanol–water partition coefficient (Wildman–Crippen LogP) is 1.80. The van der Waals surface area contributed by atoms with Gasteiger partial charge in [0.1, 0.15) is 0 Å². The van der Waals surface area contributed by atoms with Crippen molar-refractivity contribution in [1.82, 2.24) is 5.32 Å². The zero-order chi connectivity index (χ0) is 8.81. The van der Waals surface area contributed by atoms with Crippen molar-refractivity contribution in [2.75, 3.05) is 20.3 Å². The fourth-order valence-electron chi connectivity index (χ4n) is 2.16. The number of ether oxygens (including phenoxy) is 1. The van der Waals surface area contributed by atoms with Crippen LogP contribution >= 0.6 is 0 Å². The maximum Gasteiger partial charge on any atom is 0.0618 e. The quantitative estimate of drug-likeness (QED) is 0.681. The molecule has 2 heteroatoms. The van der Waals surface area contributed by atoms with Crippen LogP contribution in [0.25, 0.3) is 0 Å². The molecule has 1 N–H and O–H groups in total. The second-order valence-electron chi connectivity index (χ2n) is 3.66. The van der Waals surface area contributed by atoms with Crippen LogP contribution in [0.4, 0.5) is 0 Å². The smallest absolute Gasteiger partial charge is 0.0618 e. The average Bonchev–Trinajstić information content (AvgIpc) is 2.56. The molecule has 1 unspecified atom stereocenters. The molecule has 1 fully saturated rings. The van der Waals surface area contributed by atoms with Gasteiger partial charge >= 0.3 is 0 Å². The van der Waals surface area contributed by atoms with E-state index in [1.54, 1.807) is 7.11 Å². The third-order valence-corrected chi connectivity index (χ3v) is 2.78. The summed E-state index contributed by atoms with van der Waals surface area (Å²) in [6, 6.07) is 0.600. The average molecular weight is 171 g/mol. The summed E-state index contributed by atoms with van der Waals surface area (Å²) in [7, 11) is 1.79. The minimum Gasteiger partial charge on any atom is -0.383 e. The molecule has 2 nitrogen and oxygen atoms in total. The molecule has 0 amide bonds. The molecular formula is C10H21NO. The van der Waals surface area contributed by atoms with E-state index in [1.165, 1.54) is 25.7 Å². The van der Waals surface area contributed by atoms with Gasteiger partial charge in [0.2, 0.25) is 0 Å². The van der Waals surface area contributed by atoms with E-state index in [-0.39, 0.29) is 0 Å². The highest BCUT2D eigenvalue weighted by Crippen LogP contribution is 2.27. The first-order valence-corrected chi connectivity index (χ1v) is 5.10. The lowest BCUT2D eigenvalue weighted by atomic mass is 9.99. The summed E-state index contributed by atoms with van der Waals surface area (Å²) in [4.78, 5) is 0. The van der Waals surface area contributed by atoms with E-state index in [9.17, 15) is 0 Å². The van der Waals surface area contributed by atoms with E-state index in [2.05, 4.69) is 12.2 Å². The first-order valence-electron chi connectivity index (χ1n) is 5.10. The Balaban J connectivity index is 2.29. The van der Waals surface area contributed by atoms with Gasteiger partial charge in [-0.15, -0.1) is 0 Å². The van der Waals surface area contributed by atoms with Crippen LogP contribution in [0, 0.1) is 5.92 Å². The standard InChI is InChI=1S/C10H21NO/c1-3-11-10(8-12-2)9-6-4-5-7-9/h9-11H,3-8H2,1-2H3. The van der Waals surface area contributed by atoms with E-state index in [1.807, 2.05) is 0 Å². The fraction of sp³-hybridized carbons (Fsp3) is 1.00. The molecule has 0 radical (unpaired) electrons. The number of hydrogen-bond acceptors (Lipinski definition) is 2. The van der Waals surface area contributed by atoms with Crippen LogP contribution in [0.3, 0.4) is 0 Å². The van der Waals surface area contributed by atoms with Crippen LogP contribution in [0.1, 0.15) is 32.6 Å². The van der Waals surface area contributed by atoms with E-state index in [0.29, 0.717) is 6.04 Å². The highest BCUT2D eigenvalue weighted by Gasteiger charge is 2.23. The van der Waals surface area contributed by atoms with Gasteiger partial charge < -0.3 is 10.1 Å². The van der Waals surface area contributed by atoms with Gasteiger partial charge in [-0.3, -0.25) is 0 Å². The van der Waals surface area contributed by atoms with Gasteiger partial charge in [-0.2, -0.15) is 0 Å². The van der Waals surface area contributed by atoms with Crippen molar-refractivity contribution in [2.24, 2.45) is 5.92 Å². The van der Waals surface area contributed by atoms with Gasteiger partial charge in [0.25, 0.3) is 0 Å². The lowest BCUT2D eigenvalue weighted by Gasteiger charge is -2.23. The molecule has 0 aromatic heterocycles. The molecule has 1 aliphatic rings. The minimum absolute atomic E-state index is 0.600. The molecule has 0 aliphatic heterocycles. The largest absolute Gasteiger partial charge is 0.383 e. The van der Waals surface area contributed by atoms with Gasteiger partial charge in [0.05, 0.1) is 6.61 Å². The predicted molar refractivity (Wildman–Crippen MR) is 51.3 cm³/mol. The number of methoxy groups -OCH3 is 1. The first-order chi connectivity index (χ1) is 5.88. The molecule has 12 heavy (non-hydrogen) atoms. The summed E-state index contributed by atoms with van der Waals surface area (Å²) in [6.07, 6.45) is 5.61. The zero-order valence-corrected chi connectivity index (χ0v) is 8.31. The molecule has 0 aromatic carbocycles. The maximum atomic E-state index is 5.21. The molecular weight excluding hydrogens is 150 g/mol. The number of likely N-dealkylation sites (N-methyl/N-ethyl adjacent to an activating group) is 1. The number of nitrogens with one attached hydrogen (secondary N) is 1. The number of hydrogen-bond donors (Lipinski definition) is 1. The molecule has 1 aliphatic carbocycles. The normalized spacial score (nSPS) is 21.5. The van der Waals surface area contributed by atoms with Crippen LogP contribution in [0.5, 0.6) is 0 Å². The SMILES string of the molecule is CCNC(COC)C1CCCC1. The third kappa shape index (κ3) is 2.76. The number of rotatable bonds is 5. The van der Waals surface area contributed by atoms with Crippen molar-refractivity contribution in [3.05, 3.63) is 0 Å². The summed E-state index contributed by atoms with van der Waals surface area (Å²) in [5, 5.41) is 3.50. The van der Waals surface area contributed by atoms with Crippen LogP contribution in [-0.4, -0.2) is 26.3 Å². The molecule has 0 spiro atoms. The molecule has 72 valence electrons. The molecule has 1 atom stereocenters. The molecule has 0 heterocycles. The van der Waals surface area contributed by atoms with Crippen molar-refractivity contribution in [3.8, 4) is 0 Å². The maximum absolute atomic E-state index is 5.21. The molecule has 0 bridgehead atoms. The van der Waals surface area contributed by atoms with Gasteiger partial charge in [-0.1, -0.05) is 19.8 Å². The van der Waals surface area contributed by atoms with Gasteiger partial charge in [0, 0.05) is 13.2 Å². The lowest BCUT2D eigenvalue weighted by Crippen LogP contribution is -2.38. The Hall–Kier alpha value is -0.0800. The Morgan fingerprint density at radius 3 is 2.58 bits per heavy atom. The van der Waals surface area contributed by atoms with Crippen molar-refractivity contribution >= 4 is 0 Å². The highest BCUT2D eigenvalue weighted by molar-refractivity contribution is 4.79. The Bertz CT molecular complexity index is 104. The highest BCUT2D eigenvalue weighted by atomic mass is 16.5. The summed E-state index contributed by atoms with van der Waals surface area (Å²) in [5.74, 6) is 0.866. The zero-order valence-electron chi connectivity index (χ0n) is 8.31. The molecule has 0 aromatic rings. The van der Waals surface area contributed by atoms with Crippen molar-refractivity contribution in [1.29, 1.82) is 0 Å². The summed E-state index contributed by atoms with van der Waals surface area (Å²) >= 11 is 0. The molecule has 0 saturated heterocycles. The van der Waals surface area contributed by atoms with E-state index in [0.717, 1.165) is 19.1 Å². The van der Waals surface area contributed by atoms with Crippen LogP contribution in [0.15, 0.2) is 0 Å². The second-order valence-corrected chi connectivity index (χ2v) is 3.66. The van der Waals surface area contributed by atoms with Crippen molar-refractivity contribution < 1.29 is 4.74 Å². The van der Waals surface area contributed by atoms with E-state index >= 15 is 0 Å². The summed E-state index contributed by atoms with van der Waals surface area (Å²) < 4.78 is 5.21. The van der Waals surface area contributed by atoms with Gasteiger partial charge in [-0.05, 0) is 25.3 Å². The van der Waals surface area contributed by atoms with Crippen LogP contribution in [0.2, 0.25) is 0 Å². The Morgan fingerprint density at radius 1 is 1.42 bits per heavy atom. The Morgan fingerprint density at radius 2 is 2.08 bits per heavy atom. The fourth-order valence-corrected chi connectivity index (χ4v) is 2.16. The second kappa shape index (κ2) is 5.55. The van der Waals surface area contributed by atoms with E-state index < -0.39 is 0 Å². The van der Waals surface area contributed by atoms with Crippen molar-refractivity contribution in [3.63, 3.8) is 0 Å². The topological polar surface area (TPSA) is 21.3 Å². The van der Waals surface area contributed by atoms with Crippen LogP contribution < -0.4 is 5.32 Å². The molecule has 1 saturated carbocycles. The minimum atomic E-state index is 0.600. The first kappa shape index (κ1) is 10.0. The van der Waals surface area contributed by atoms with Gasteiger partial charge in [0.15, 0.2) is 0 Å². The summed E-state index contributed by atoms with van der Waals surface area (Å²) in [5.41, 5.74) is 0. The van der Waals surface area contributed by atoms with Gasteiger partial charge in [-0.25, -0.2) is 0 Å². The van der Waals surface area contributed by atoms with Crippen LogP contribution in [-0.2, 0) is 4.74 Å². The monoisotopic (exact) mass is 171 g/mol. The third-order valence-electron chi connectivity index (χ3n) is 2.78. The molecule has 1 rings (SSSR count). The summed E-state index contributed by atoms with van der Waals surface area (Å²) in [6.45, 7) is 4.10. The van der Waals surface area contributed by atoms with Crippen molar-refractivity contribution in [2.45, 2.75) is 38.6 Å². The van der Waals surface area contributed by atoms with E-state index in [4.69, 9.17) is 4.74 Å². The Kier molecular flexibility index (Phi) is 4.62. The lowest BCUT2D eigenvalue weighted by molar-refractivity contribution is 0.141. The Labute approximate surface area is 75.7 Å².